The van der Waals surface area contributed by atoms with E-state index >= 15 is 0 Å². The van der Waals surface area contributed by atoms with E-state index < -0.39 is 11.0 Å². The summed E-state index contributed by atoms with van der Waals surface area (Å²) in [7, 11) is 0.488. The molecule has 0 radical (unpaired) electrons. The minimum absolute atomic E-state index is 0.0738. The molecule has 0 amide bonds. The van der Waals surface area contributed by atoms with E-state index in [2.05, 4.69) is 49.9 Å². The van der Waals surface area contributed by atoms with Gasteiger partial charge in [0.15, 0.2) is 0 Å². The van der Waals surface area contributed by atoms with E-state index in [1.807, 2.05) is 39.0 Å². The van der Waals surface area contributed by atoms with E-state index in [4.69, 9.17) is 4.74 Å². The number of nitrogens with zero attached hydrogens (tertiary/aromatic N) is 1. The molecule has 1 aromatic heterocycles. The monoisotopic (exact) mass is 452 g/mol. The van der Waals surface area contributed by atoms with E-state index in [0.717, 1.165) is 29.4 Å². The Balaban J connectivity index is 2.08. The van der Waals surface area contributed by atoms with Crippen LogP contribution in [0, 0.1) is 0 Å². The average molecular weight is 453 g/mol. The SMILES string of the molecule is COc1ccc(Br)c(CC(CCCc2ccccc2)NS(=O)C(C)(C)C)n1. The van der Waals surface area contributed by atoms with Crippen LogP contribution in [0.3, 0.4) is 0 Å². The van der Waals surface area contributed by atoms with Crippen LogP contribution < -0.4 is 9.46 Å². The molecule has 0 spiro atoms. The van der Waals surface area contributed by atoms with Crippen LogP contribution >= 0.6 is 15.9 Å². The molecule has 0 fully saturated rings. The Labute approximate surface area is 173 Å². The molecule has 0 saturated heterocycles. The van der Waals surface area contributed by atoms with Crippen LogP contribution in [-0.2, 0) is 23.8 Å². The van der Waals surface area contributed by atoms with E-state index in [1.165, 1.54) is 5.56 Å². The lowest BCUT2D eigenvalue weighted by Crippen LogP contribution is -2.41. The van der Waals surface area contributed by atoms with Gasteiger partial charge in [-0.3, -0.25) is 0 Å². The number of hydrogen-bond acceptors (Lipinski definition) is 3. The second-order valence-corrected chi connectivity index (χ2v) is 10.4. The van der Waals surface area contributed by atoms with Gasteiger partial charge in [-0.05, 0) is 67.6 Å². The predicted octanol–water partition coefficient (Wildman–Crippen LogP) is 4.84. The molecule has 0 aliphatic carbocycles. The Morgan fingerprint density at radius 1 is 1.19 bits per heavy atom. The van der Waals surface area contributed by atoms with Crippen molar-refractivity contribution in [2.75, 3.05) is 7.11 Å². The summed E-state index contributed by atoms with van der Waals surface area (Å²) in [5.41, 5.74) is 2.24. The van der Waals surface area contributed by atoms with E-state index in [-0.39, 0.29) is 10.8 Å². The quantitative estimate of drug-likeness (QED) is 0.591. The summed E-state index contributed by atoms with van der Waals surface area (Å²) in [4.78, 5) is 4.56. The van der Waals surface area contributed by atoms with Gasteiger partial charge in [-0.2, -0.15) is 0 Å². The van der Waals surface area contributed by atoms with Gasteiger partial charge in [-0.25, -0.2) is 13.9 Å². The number of halogens is 1. The van der Waals surface area contributed by atoms with Crippen LogP contribution in [0.5, 0.6) is 5.88 Å². The van der Waals surface area contributed by atoms with Crippen LogP contribution in [0.25, 0.3) is 0 Å². The summed E-state index contributed by atoms with van der Waals surface area (Å²) in [6, 6.07) is 14.3. The Morgan fingerprint density at radius 3 is 2.52 bits per heavy atom. The lowest BCUT2D eigenvalue weighted by molar-refractivity contribution is 0.395. The van der Waals surface area contributed by atoms with Crippen molar-refractivity contribution in [3.63, 3.8) is 0 Å². The van der Waals surface area contributed by atoms with E-state index in [0.29, 0.717) is 12.3 Å². The van der Waals surface area contributed by atoms with Gasteiger partial charge in [0, 0.05) is 23.0 Å². The van der Waals surface area contributed by atoms with Gasteiger partial charge in [-0.15, -0.1) is 0 Å². The molecule has 1 heterocycles. The summed E-state index contributed by atoms with van der Waals surface area (Å²) in [6.07, 6.45) is 3.63. The molecule has 1 aromatic carbocycles. The Kier molecular flexibility index (Phi) is 8.45. The molecule has 27 heavy (non-hydrogen) atoms. The van der Waals surface area contributed by atoms with Crippen molar-refractivity contribution in [3.8, 4) is 5.88 Å². The number of pyridine rings is 1. The number of ether oxygens (including phenoxy) is 1. The van der Waals surface area contributed by atoms with Crippen LogP contribution in [0.4, 0.5) is 0 Å². The fourth-order valence-corrected chi connectivity index (χ4v) is 3.92. The van der Waals surface area contributed by atoms with Gasteiger partial charge in [-0.1, -0.05) is 30.3 Å². The summed E-state index contributed by atoms with van der Waals surface area (Å²) in [6.45, 7) is 5.95. The first-order valence-electron chi connectivity index (χ1n) is 9.21. The fraction of sp³-hybridized carbons (Fsp3) is 0.476. The molecule has 0 aliphatic rings. The van der Waals surface area contributed by atoms with E-state index in [9.17, 15) is 4.21 Å². The number of rotatable bonds is 9. The van der Waals surface area contributed by atoms with Crippen LogP contribution in [0.15, 0.2) is 46.9 Å². The number of aromatic nitrogens is 1. The Bertz CT molecular complexity index is 748. The lowest BCUT2D eigenvalue weighted by atomic mass is 10.0. The Hall–Kier alpha value is -1.24. The minimum atomic E-state index is -1.13. The second kappa shape index (κ2) is 10.3. The highest BCUT2D eigenvalue weighted by Crippen LogP contribution is 2.22. The molecule has 2 atom stereocenters. The number of benzene rings is 1. The van der Waals surface area contributed by atoms with Crippen molar-refractivity contribution < 1.29 is 8.95 Å². The van der Waals surface area contributed by atoms with Gasteiger partial charge < -0.3 is 4.74 Å². The summed E-state index contributed by atoms with van der Waals surface area (Å²) in [5, 5.41) is 0. The third kappa shape index (κ3) is 7.35. The largest absolute Gasteiger partial charge is 0.481 e. The molecular formula is C21H29BrN2O2S. The van der Waals surface area contributed by atoms with Crippen molar-refractivity contribution in [1.29, 1.82) is 0 Å². The maximum absolute atomic E-state index is 12.6. The van der Waals surface area contributed by atoms with Crippen molar-refractivity contribution in [2.45, 2.75) is 57.2 Å². The number of nitrogens with one attached hydrogen (secondary N) is 1. The van der Waals surface area contributed by atoms with Gasteiger partial charge in [0.1, 0.15) is 0 Å². The first-order chi connectivity index (χ1) is 12.8. The smallest absolute Gasteiger partial charge is 0.213 e. The summed E-state index contributed by atoms with van der Waals surface area (Å²) >= 11 is 3.58. The summed E-state index contributed by atoms with van der Waals surface area (Å²) < 4.78 is 21.9. The van der Waals surface area contributed by atoms with Crippen molar-refractivity contribution in [3.05, 3.63) is 58.2 Å². The minimum Gasteiger partial charge on any atom is -0.481 e. The number of hydrogen-bond donors (Lipinski definition) is 1. The van der Waals surface area contributed by atoms with Gasteiger partial charge in [0.25, 0.3) is 0 Å². The molecule has 2 aromatic rings. The third-order valence-corrected chi connectivity index (χ3v) is 6.61. The first-order valence-corrected chi connectivity index (χ1v) is 11.1. The van der Waals surface area contributed by atoms with Crippen LogP contribution in [-0.4, -0.2) is 27.1 Å². The van der Waals surface area contributed by atoms with Gasteiger partial charge >= 0.3 is 0 Å². The zero-order valence-corrected chi connectivity index (χ0v) is 18.9. The highest BCUT2D eigenvalue weighted by molar-refractivity contribution is 9.10. The maximum Gasteiger partial charge on any atom is 0.213 e. The molecule has 2 unspecified atom stereocenters. The topological polar surface area (TPSA) is 51.2 Å². The molecular weight excluding hydrogens is 424 g/mol. The second-order valence-electron chi connectivity index (χ2n) is 7.56. The predicted molar refractivity (Wildman–Crippen MR) is 116 cm³/mol. The van der Waals surface area contributed by atoms with Crippen molar-refractivity contribution in [2.24, 2.45) is 0 Å². The Morgan fingerprint density at radius 2 is 1.89 bits per heavy atom. The van der Waals surface area contributed by atoms with Crippen LogP contribution in [0.2, 0.25) is 0 Å². The number of aryl methyl sites for hydroxylation is 1. The number of methoxy groups -OCH3 is 1. The standard InChI is InChI=1S/C21H29BrN2O2S/c1-21(2,3)27(25)24-17(12-8-11-16-9-6-5-7-10-16)15-19-18(22)13-14-20(23-19)26-4/h5-7,9-10,13-14,17,24H,8,11-12,15H2,1-4H3. The zero-order valence-electron chi connectivity index (χ0n) is 16.5. The molecule has 1 N–H and O–H groups in total. The highest BCUT2D eigenvalue weighted by atomic mass is 79.9. The van der Waals surface area contributed by atoms with Gasteiger partial charge in [0.2, 0.25) is 5.88 Å². The highest BCUT2D eigenvalue weighted by Gasteiger charge is 2.23. The molecule has 6 heteroatoms. The van der Waals surface area contributed by atoms with E-state index in [1.54, 1.807) is 7.11 Å². The normalized spacial score (nSPS) is 14.0. The lowest BCUT2D eigenvalue weighted by Gasteiger charge is -2.24. The maximum atomic E-state index is 12.6. The molecule has 148 valence electrons. The third-order valence-electron chi connectivity index (χ3n) is 4.23. The van der Waals surface area contributed by atoms with Gasteiger partial charge in [0.05, 0.1) is 28.5 Å². The molecule has 4 nitrogen and oxygen atoms in total. The van der Waals surface area contributed by atoms with Crippen molar-refractivity contribution in [1.82, 2.24) is 9.71 Å². The van der Waals surface area contributed by atoms with Crippen LogP contribution in [0.1, 0.15) is 44.9 Å². The fourth-order valence-electron chi connectivity index (χ4n) is 2.68. The molecule has 2 rings (SSSR count). The molecule has 0 bridgehead atoms. The summed E-state index contributed by atoms with van der Waals surface area (Å²) in [5.74, 6) is 0.591. The molecule has 0 saturated carbocycles. The first kappa shape index (κ1) is 22.1. The average Bonchev–Trinajstić information content (AvgIpc) is 2.63. The molecule has 0 aliphatic heterocycles. The van der Waals surface area contributed by atoms with Crippen molar-refractivity contribution >= 4 is 26.9 Å². The zero-order chi connectivity index (χ0) is 19.9.